The van der Waals surface area contributed by atoms with Gasteiger partial charge in [0.2, 0.25) is 23.6 Å². The molecule has 1 aliphatic heterocycles. The number of hydrogen-bond acceptors (Lipinski definition) is 8. The second kappa shape index (κ2) is 12.6. The van der Waals surface area contributed by atoms with E-state index in [4.69, 9.17) is 10.8 Å². The molecule has 1 saturated heterocycles. The monoisotopic (exact) mass is 459 g/mol. The second-order valence-electron chi connectivity index (χ2n) is 7.44. The van der Waals surface area contributed by atoms with Crippen molar-refractivity contribution in [3.63, 3.8) is 0 Å². The van der Waals surface area contributed by atoms with Gasteiger partial charge in [0.25, 0.3) is 0 Å². The normalized spacial score (nSPS) is 19.1. The van der Waals surface area contributed by atoms with Crippen LogP contribution in [-0.4, -0.2) is 87.7 Å². The van der Waals surface area contributed by atoms with Crippen LogP contribution in [0.15, 0.2) is 0 Å². The van der Waals surface area contributed by atoms with Crippen LogP contribution >= 0.6 is 0 Å². The molecule has 0 aromatic heterocycles. The van der Waals surface area contributed by atoms with Crippen molar-refractivity contribution in [2.24, 2.45) is 5.73 Å². The van der Waals surface area contributed by atoms with Gasteiger partial charge < -0.3 is 42.3 Å². The van der Waals surface area contributed by atoms with E-state index in [2.05, 4.69) is 21.3 Å². The lowest BCUT2D eigenvalue weighted by atomic mass is 10.1. The molecule has 0 radical (unpaired) electrons. The zero-order valence-electron chi connectivity index (χ0n) is 17.5. The molecule has 0 spiro atoms. The number of nitrogens with one attached hydrogen (secondary N) is 4. The molecule has 4 amide bonds. The second-order valence-corrected chi connectivity index (χ2v) is 7.44. The average molecular weight is 459 g/mol. The van der Waals surface area contributed by atoms with Gasteiger partial charge in [-0.2, -0.15) is 0 Å². The molecule has 14 heteroatoms. The van der Waals surface area contributed by atoms with Crippen LogP contribution in [0.3, 0.4) is 0 Å². The molecule has 1 heterocycles. The maximum Gasteiger partial charge on any atom is 0.326 e. The number of amides is 4. The van der Waals surface area contributed by atoms with Crippen molar-refractivity contribution in [1.29, 1.82) is 0 Å². The molecule has 14 nitrogen and oxygen atoms in total. The predicted octanol–water partition coefficient (Wildman–Crippen LogP) is -3.60. The van der Waals surface area contributed by atoms with Crippen LogP contribution in [-0.2, 0) is 28.8 Å². The van der Waals surface area contributed by atoms with Crippen molar-refractivity contribution in [3.05, 3.63) is 0 Å². The lowest BCUT2D eigenvalue weighted by Gasteiger charge is -2.26. The molecule has 0 saturated carbocycles. The van der Waals surface area contributed by atoms with Gasteiger partial charge >= 0.3 is 11.9 Å². The number of hydrogen-bond donors (Lipinski definition) is 8. The summed E-state index contributed by atoms with van der Waals surface area (Å²) < 4.78 is 0. The SMILES string of the molecule is CC(O)C(NC(=O)C(CC(=O)O)NC(=O)C1CCCN1)C(=O)NC(CCC(N)=O)C(=O)O. The number of rotatable bonds is 13. The first-order chi connectivity index (χ1) is 14.9. The van der Waals surface area contributed by atoms with Gasteiger partial charge in [-0.3, -0.25) is 24.0 Å². The van der Waals surface area contributed by atoms with Gasteiger partial charge in [0.05, 0.1) is 18.6 Å². The van der Waals surface area contributed by atoms with E-state index in [1.54, 1.807) is 0 Å². The van der Waals surface area contributed by atoms with Gasteiger partial charge in [-0.1, -0.05) is 0 Å². The molecule has 0 aromatic carbocycles. The summed E-state index contributed by atoms with van der Waals surface area (Å²) in [5, 5.41) is 37.6. The Hall–Kier alpha value is -3.26. The van der Waals surface area contributed by atoms with E-state index in [-0.39, 0.29) is 12.8 Å². The van der Waals surface area contributed by atoms with E-state index >= 15 is 0 Å². The van der Waals surface area contributed by atoms with Gasteiger partial charge in [0, 0.05) is 6.42 Å². The van der Waals surface area contributed by atoms with Gasteiger partial charge in [-0.15, -0.1) is 0 Å². The topological polar surface area (TPSA) is 237 Å². The van der Waals surface area contributed by atoms with E-state index in [1.807, 2.05) is 0 Å². The minimum absolute atomic E-state index is 0.317. The maximum atomic E-state index is 12.6. The number of primary amides is 1. The number of nitrogens with two attached hydrogens (primary N) is 1. The number of aliphatic carboxylic acids is 2. The highest BCUT2D eigenvalue weighted by molar-refractivity contribution is 5.96. The Labute approximate surface area is 183 Å². The molecule has 180 valence electrons. The van der Waals surface area contributed by atoms with E-state index in [9.17, 15) is 39.0 Å². The Morgan fingerprint density at radius 1 is 1.03 bits per heavy atom. The lowest BCUT2D eigenvalue weighted by Crippen LogP contribution is -2.60. The number of carboxylic acids is 2. The molecule has 1 rings (SSSR count). The molecule has 5 atom stereocenters. The van der Waals surface area contributed by atoms with Gasteiger partial charge in [-0.05, 0) is 32.7 Å². The van der Waals surface area contributed by atoms with E-state index in [0.29, 0.717) is 13.0 Å². The number of aliphatic hydroxyl groups excluding tert-OH is 1. The van der Waals surface area contributed by atoms with Crippen molar-refractivity contribution in [3.8, 4) is 0 Å². The van der Waals surface area contributed by atoms with Crippen LogP contribution < -0.4 is 27.0 Å². The highest BCUT2D eigenvalue weighted by Gasteiger charge is 2.34. The highest BCUT2D eigenvalue weighted by Crippen LogP contribution is 2.07. The Morgan fingerprint density at radius 2 is 1.69 bits per heavy atom. The fourth-order valence-corrected chi connectivity index (χ4v) is 3.03. The summed E-state index contributed by atoms with van der Waals surface area (Å²) in [6, 6.07) is -5.30. The van der Waals surface area contributed by atoms with Gasteiger partial charge in [-0.25, -0.2) is 4.79 Å². The molecule has 0 aromatic rings. The summed E-state index contributed by atoms with van der Waals surface area (Å²) in [5.74, 6) is -6.35. The third-order valence-corrected chi connectivity index (χ3v) is 4.75. The molecule has 9 N–H and O–H groups in total. The summed E-state index contributed by atoms with van der Waals surface area (Å²) in [6.07, 6.45) is -1.68. The molecule has 0 aliphatic carbocycles. The Kier molecular flexibility index (Phi) is 10.5. The Morgan fingerprint density at radius 3 is 2.16 bits per heavy atom. The van der Waals surface area contributed by atoms with Crippen LogP contribution in [0.2, 0.25) is 0 Å². The highest BCUT2D eigenvalue weighted by atomic mass is 16.4. The number of aliphatic hydroxyl groups is 1. The number of carboxylic acid groups (broad SMARTS) is 2. The third-order valence-electron chi connectivity index (χ3n) is 4.75. The van der Waals surface area contributed by atoms with Crippen LogP contribution in [0, 0.1) is 0 Å². The largest absolute Gasteiger partial charge is 0.481 e. The molecular weight excluding hydrogens is 430 g/mol. The van der Waals surface area contributed by atoms with Crippen molar-refractivity contribution < 1.29 is 44.1 Å². The van der Waals surface area contributed by atoms with Crippen LogP contribution in [0.5, 0.6) is 0 Å². The summed E-state index contributed by atoms with van der Waals surface area (Å²) in [7, 11) is 0. The van der Waals surface area contributed by atoms with E-state index in [0.717, 1.165) is 13.3 Å². The molecule has 5 unspecified atom stereocenters. The van der Waals surface area contributed by atoms with Crippen LogP contribution in [0.1, 0.15) is 39.0 Å². The third kappa shape index (κ3) is 8.85. The minimum Gasteiger partial charge on any atom is -0.481 e. The fourth-order valence-electron chi connectivity index (χ4n) is 3.03. The van der Waals surface area contributed by atoms with Gasteiger partial charge in [0.1, 0.15) is 18.1 Å². The molecule has 1 fully saturated rings. The smallest absolute Gasteiger partial charge is 0.326 e. The van der Waals surface area contributed by atoms with E-state index in [1.165, 1.54) is 0 Å². The average Bonchev–Trinajstić information content (AvgIpc) is 3.22. The number of carbonyl (C=O) groups excluding carboxylic acids is 4. The van der Waals surface area contributed by atoms with Crippen LogP contribution in [0.4, 0.5) is 0 Å². The molecule has 1 aliphatic rings. The fraction of sp³-hybridized carbons (Fsp3) is 0.667. The van der Waals surface area contributed by atoms with E-state index < -0.39 is 72.3 Å². The van der Waals surface area contributed by atoms with Crippen molar-refractivity contribution in [2.45, 2.75) is 69.3 Å². The first-order valence-corrected chi connectivity index (χ1v) is 9.97. The summed E-state index contributed by atoms with van der Waals surface area (Å²) in [6.45, 7) is 1.75. The maximum absolute atomic E-state index is 12.6. The Balaban J connectivity index is 2.88. The quantitative estimate of drug-likeness (QED) is 0.135. The molecular formula is C18H29N5O9. The molecule has 32 heavy (non-hydrogen) atoms. The first kappa shape index (κ1) is 26.8. The van der Waals surface area contributed by atoms with Crippen molar-refractivity contribution in [2.75, 3.05) is 6.54 Å². The standard InChI is InChI=1S/C18H29N5O9/c1-8(24)14(17(30)21-10(18(31)32)4-5-12(19)25)23-16(29)11(7-13(26)27)22-15(28)9-3-2-6-20-9/h8-11,14,20,24H,2-7H2,1H3,(H2,19,25)(H,21,30)(H,22,28)(H,23,29)(H,26,27)(H,31,32). The predicted molar refractivity (Wildman–Crippen MR) is 107 cm³/mol. The summed E-state index contributed by atoms with van der Waals surface area (Å²) >= 11 is 0. The lowest BCUT2D eigenvalue weighted by molar-refractivity contribution is -0.144. The van der Waals surface area contributed by atoms with Crippen molar-refractivity contribution >= 4 is 35.6 Å². The van der Waals surface area contributed by atoms with Crippen LogP contribution in [0.25, 0.3) is 0 Å². The number of carbonyl (C=O) groups is 6. The Bertz CT molecular complexity index is 736. The zero-order chi connectivity index (χ0) is 24.4. The first-order valence-electron chi connectivity index (χ1n) is 9.97. The zero-order valence-corrected chi connectivity index (χ0v) is 17.5. The van der Waals surface area contributed by atoms with Crippen molar-refractivity contribution in [1.82, 2.24) is 21.3 Å². The van der Waals surface area contributed by atoms with Gasteiger partial charge in [0.15, 0.2) is 0 Å². The molecule has 0 bridgehead atoms. The summed E-state index contributed by atoms with van der Waals surface area (Å²) in [5.41, 5.74) is 4.98. The summed E-state index contributed by atoms with van der Waals surface area (Å²) in [4.78, 5) is 70.7. The minimum atomic E-state index is -1.66.